The normalized spacial score (nSPS) is 15.4. The van der Waals surface area contributed by atoms with Crippen molar-refractivity contribution in [3.05, 3.63) is 0 Å². The molecule has 0 aromatic carbocycles. The van der Waals surface area contributed by atoms with Gasteiger partial charge < -0.3 is 25.2 Å². The lowest BCUT2D eigenvalue weighted by Gasteiger charge is -2.24. The fourth-order valence-electron chi connectivity index (χ4n) is 1.78. The first-order chi connectivity index (χ1) is 9.45. The number of carbonyl (C=O) groups excluding carboxylic acids is 1. The summed E-state index contributed by atoms with van der Waals surface area (Å²) < 4.78 is 4.92. The van der Waals surface area contributed by atoms with E-state index in [0.717, 1.165) is 12.8 Å². The lowest BCUT2D eigenvalue weighted by molar-refractivity contribution is -0.140. The number of ether oxygens (including phenoxy) is 1. The third-order valence-electron chi connectivity index (χ3n) is 3.03. The second-order valence-corrected chi connectivity index (χ2v) is 4.69. The van der Waals surface area contributed by atoms with E-state index >= 15 is 0 Å². The molecule has 2 amide bonds. The monoisotopic (exact) mass is 288 g/mol. The Morgan fingerprint density at radius 3 is 2.45 bits per heavy atom. The van der Waals surface area contributed by atoms with E-state index in [4.69, 9.17) is 14.9 Å². The summed E-state index contributed by atoms with van der Waals surface area (Å²) in [6.07, 6.45) is 1.34. The maximum atomic E-state index is 12.0. The van der Waals surface area contributed by atoms with Crippen LogP contribution in [0.4, 0.5) is 4.79 Å². The van der Waals surface area contributed by atoms with Gasteiger partial charge in [0.2, 0.25) is 0 Å². The first-order valence-electron chi connectivity index (χ1n) is 6.46. The van der Waals surface area contributed by atoms with E-state index in [-0.39, 0.29) is 18.9 Å². The molecular weight excluding hydrogens is 268 g/mol. The number of amides is 2. The minimum atomic E-state index is -1.23. The van der Waals surface area contributed by atoms with E-state index in [1.165, 1.54) is 7.11 Å². The van der Waals surface area contributed by atoms with Crippen molar-refractivity contribution in [1.82, 2.24) is 10.2 Å². The van der Waals surface area contributed by atoms with Gasteiger partial charge in [0.1, 0.15) is 6.04 Å². The molecule has 0 saturated heterocycles. The average molecular weight is 288 g/mol. The van der Waals surface area contributed by atoms with Crippen LogP contribution in [0.5, 0.6) is 0 Å². The molecule has 1 saturated carbocycles. The quantitative estimate of drug-likeness (QED) is 0.555. The molecule has 1 aliphatic carbocycles. The molecule has 1 aliphatic rings. The summed E-state index contributed by atoms with van der Waals surface area (Å²) in [7, 11) is 1.52. The Hall–Kier alpha value is -1.83. The van der Waals surface area contributed by atoms with E-state index < -0.39 is 24.0 Å². The number of rotatable bonds is 9. The van der Waals surface area contributed by atoms with Crippen LogP contribution in [0.2, 0.25) is 0 Å². The van der Waals surface area contributed by atoms with E-state index in [1.807, 2.05) is 0 Å². The maximum Gasteiger partial charge on any atom is 0.326 e. The molecule has 1 atom stereocenters. The molecule has 8 heteroatoms. The van der Waals surface area contributed by atoms with Crippen LogP contribution in [0.25, 0.3) is 0 Å². The highest BCUT2D eigenvalue weighted by molar-refractivity contribution is 5.83. The van der Waals surface area contributed by atoms with Gasteiger partial charge in [-0.05, 0) is 19.3 Å². The number of carboxylic acids is 2. The van der Waals surface area contributed by atoms with Crippen molar-refractivity contribution in [3.8, 4) is 0 Å². The molecule has 8 nitrogen and oxygen atoms in total. The van der Waals surface area contributed by atoms with Gasteiger partial charge in [0.05, 0.1) is 6.61 Å². The lowest BCUT2D eigenvalue weighted by atomic mass is 10.1. The van der Waals surface area contributed by atoms with Crippen molar-refractivity contribution in [3.63, 3.8) is 0 Å². The van der Waals surface area contributed by atoms with Crippen LogP contribution >= 0.6 is 0 Å². The number of aliphatic carboxylic acids is 2. The first kappa shape index (κ1) is 16.2. The largest absolute Gasteiger partial charge is 0.481 e. The topological polar surface area (TPSA) is 116 Å². The van der Waals surface area contributed by atoms with Crippen LogP contribution in [0.1, 0.15) is 25.7 Å². The highest BCUT2D eigenvalue weighted by Gasteiger charge is 2.34. The van der Waals surface area contributed by atoms with E-state index in [2.05, 4.69) is 5.32 Å². The molecule has 0 spiro atoms. The smallest absolute Gasteiger partial charge is 0.326 e. The second-order valence-electron chi connectivity index (χ2n) is 4.69. The SMILES string of the molecule is COCCN(C(=O)NC(CCC(=O)O)C(=O)O)C1CC1. The predicted molar refractivity (Wildman–Crippen MR) is 68.4 cm³/mol. The van der Waals surface area contributed by atoms with Gasteiger partial charge in [0.15, 0.2) is 0 Å². The molecule has 1 unspecified atom stereocenters. The summed E-state index contributed by atoms with van der Waals surface area (Å²) in [5.74, 6) is -2.33. The van der Waals surface area contributed by atoms with Gasteiger partial charge in [-0.3, -0.25) is 4.79 Å². The van der Waals surface area contributed by atoms with Crippen LogP contribution < -0.4 is 5.32 Å². The van der Waals surface area contributed by atoms with Crippen LogP contribution in [-0.2, 0) is 14.3 Å². The number of hydrogen-bond donors (Lipinski definition) is 3. The summed E-state index contributed by atoms with van der Waals surface area (Å²) in [5.41, 5.74) is 0. The number of carbonyl (C=O) groups is 3. The molecule has 0 aromatic rings. The average Bonchev–Trinajstić information content (AvgIpc) is 3.18. The molecule has 0 aliphatic heterocycles. The summed E-state index contributed by atoms with van der Waals surface area (Å²) in [4.78, 5) is 35.1. The summed E-state index contributed by atoms with van der Waals surface area (Å²) in [5, 5.41) is 19.9. The van der Waals surface area contributed by atoms with Gasteiger partial charge in [-0.25, -0.2) is 9.59 Å². The molecule has 0 radical (unpaired) electrons. The fourth-order valence-corrected chi connectivity index (χ4v) is 1.78. The van der Waals surface area contributed by atoms with Gasteiger partial charge in [-0.15, -0.1) is 0 Å². The summed E-state index contributed by atoms with van der Waals surface area (Å²) in [6.45, 7) is 0.759. The maximum absolute atomic E-state index is 12.0. The number of nitrogens with one attached hydrogen (secondary N) is 1. The van der Waals surface area contributed by atoms with E-state index in [9.17, 15) is 14.4 Å². The molecule has 1 fully saturated rings. The number of carboxylic acid groups (broad SMARTS) is 2. The van der Waals surface area contributed by atoms with Gasteiger partial charge in [0.25, 0.3) is 0 Å². The zero-order valence-electron chi connectivity index (χ0n) is 11.4. The highest BCUT2D eigenvalue weighted by Crippen LogP contribution is 2.26. The zero-order chi connectivity index (χ0) is 15.1. The molecule has 0 heterocycles. The highest BCUT2D eigenvalue weighted by atomic mass is 16.5. The standard InChI is InChI=1S/C12H20N2O6/c1-20-7-6-14(8-2-3-8)12(19)13-9(11(17)18)4-5-10(15)16/h8-9H,2-7H2,1H3,(H,13,19)(H,15,16)(H,17,18). The Bertz CT molecular complexity index is 369. The van der Waals surface area contributed by atoms with E-state index in [1.54, 1.807) is 4.90 Å². The van der Waals surface area contributed by atoms with E-state index in [0.29, 0.717) is 13.2 Å². The van der Waals surface area contributed by atoms with Crippen molar-refractivity contribution in [2.45, 2.75) is 37.8 Å². The molecular formula is C12H20N2O6. The van der Waals surface area contributed by atoms with Gasteiger partial charge in [0, 0.05) is 26.1 Å². The zero-order valence-corrected chi connectivity index (χ0v) is 11.4. The van der Waals surface area contributed by atoms with Gasteiger partial charge in [-0.1, -0.05) is 0 Å². The van der Waals surface area contributed by atoms with Crippen molar-refractivity contribution in [2.75, 3.05) is 20.3 Å². The van der Waals surface area contributed by atoms with Crippen LogP contribution in [-0.4, -0.2) is 65.4 Å². The third kappa shape index (κ3) is 5.43. The summed E-state index contributed by atoms with van der Waals surface area (Å²) in [6, 6.07) is -1.55. The Morgan fingerprint density at radius 2 is 2.00 bits per heavy atom. The Labute approximate surface area is 116 Å². The van der Waals surface area contributed by atoms with Crippen LogP contribution in [0.3, 0.4) is 0 Å². The van der Waals surface area contributed by atoms with Crippen molar-refractivity contribution in [1.29, 1.82) is 0 Å². The molecule has 3 N–H and O–H groups in total. The Kier molecular flexibility index (Phi) is 6.23. The number of methoxy groups -OCH3 is 1. The minimum Gasteiger partial charge on any atom is -0.481 e. The number of urea groups is 1. The molecule has 114 valence electrons. The van der Waals surface area contributed by atoms with Crippen LogP contribution in [0.15, 0.2) is 0 Å². The third-order valence-corrected chi connectivity index (χ3v) is 3.03. The second kappa shape index (κ2) is 7.68. The van der Waals surface area contributed by atoms with Crippen molar-refractivity contribution >= 4 is 18.0 Å². The molecule has 0 aromatic heterocycles. The first-order valence-corrected chi connectivity index (χ1v) is 6.46. The van der Waals surface area contributed by atoms with Crippen molar-refractivity contribution in [2.24, 2.45) is 0 Å². The summed E-state index contributed by atoms with van der Waals surface area (Å²) >= 11 is 0. The minimum absolute atomic E-state index is 0.124. The Morgan fingerprint density at radius 1 is 1.35 bits per heavy atom. The van der Waals surface area contributed by atoms with Crippen LogP contribution in [0, 0.1) is 0 Å². The molecule has 1 rings (SSSR count). The predicted octanol–water partition coefficient (Wildman–Crippen LogP) is 0.125. The molecule has 0 bridgehead atoms. The Balaban J connectivity index is 2.53. The number of nitrogens with zero attached hydrogens (tertiary/aromatic N) is 1. The lowest BCUT2D eigenvalue weighted by Crippen LogP contribution is -2.49. The van der Waals surface area contributed by atoms with Crippen molar-refractivity contribution < 1.29 is 29.3 Å². The number of hydrogen-bond acceptors (Lipinski definition) is 4. The van der Waals surface area contributed by atoms with Gasteiger partial charge >= 0.3 is 18.0 Å². The fraction of sp³-hybridized carbons (Fsp3) is 0.750. The van der Waals surface area contributed by atoms with Gasteiger partial charge in [-0.2, -0.15) is 0 Å². The molecule has 20 heavy (non-hydrogen) atoms.